The Balaban J connectivity index is 1.68. The first-order valence-corrected chi connectivity index (χ1v) is 9.12. The number of hydrogen-bond donors (Lipinski definition) is 2. The fourth-order valence-electron chi connectivity index (χ4n) is 3.97. The van der Waals surface area contributed by atoms with E-state index in [2.05, 4.69) is 31.1 Å². The van der Waals surface area contributed by atoms with Gasteiger partial charge in [-0.1, -0.05) is 6.92 Å². The first-order valence-electron chi connectivity index (χ1n) is 9.12. The molecule has 4 rings (SSSR count). The zero-order valence-corrected chi connectivity index (χ0v) is 15.7. The van der Waals surface area contributed by atoms with Gasteiger partial charge in [0.2, 0.25) is 0 Å². The van der Waals surface area contributed by atoms with Gasteiger partial charge in [-0.3, -0.25) is 19.4 Å². The second-order valence-electron chi connectivity index (χ2n) is 7.31. The maximum absolute atomic E-state index is 12.3. The SMILES string of the molecule is CC1CN(C)C(C)c2c1oc1ccc(NC3=CC(=O)N(CCO)C3=O)cc21. The van der Waals surface area contributed by atoms with Crippen LogP contribution in [0.2, 0.25) is 0 Å². The first-order chi connectivity index (χ1) is 12.9. The molecule has 0 saturated carbocycles. The molecule has 2 amide bonds. The molecule has 0 saturated heterocycles. The molecule has 2 atom stereocenters. The average molecular weight is 369 g/mol. The number of amides is 2. The molecule has 0 radical (unpaired) electrons. The van der Waals surface area contributed by atoms with Gasteiger partial charge in [0.15, 0.2) is 0 Å². The molecule has 3 heterocycles. The van der Waals surface area contributed by atoms with Gasteiger partial charge in [0, 0.05) is 41.2 Å². The largest absolute Gasteiger partial charge is 0.460 e. The molecule has 0 bridgehead atoms. The standard InChI is InChI=1S/C20H23N3O4/c1-11-10-22(3)12(2)18-14-8-13(4-5-16(14)27-19(11)18)21-15-9-17(25)23(6-7-24)20(15)26/h4-5,8-9,11-12,21,24H,6-7,10H2,1-3H3. The van der Waals surface area contributed by atoms with Gasteiger partial charge in [-0.25, -0.2) is 0 Å². The van der Waals surface area contributed by atoms with E-state index in [1.807, 2.05) is 18.2 Å². The van der Waals surface area contributed by atoms with Crippen LogP contribution in [0, 0.1) is 0 Å². The maximum atomic E-state index is 12.3. The molecule has 7 heteroatoms. The van der Waals surface area contributed by atoms with Crippen LogP contribution in [0.4, 0.5) is 5.69 Å². The average Bonchev–Trinajstić information content (AvgIpc) is 3.13. The molecular formula is C20H23N3O4. The van der Waals surface area contributed by atoms with Crippen molar-refractivity contribution in [3.8, 4) is 0 Å². The highest BCUT2D eigenvalue weighted by Gasteiger charge is 2.33. The Labute approximate surface area is 157 Å². The summed E-state index contributed by atoms with van der Waals surface area (Å²) in [5.74, 6) is 0.495. The van der Waals surface area contributed by atoms with Gasteiger partial charge in [-0.05, 0) is 32.2 Å². The summed E-state index contributed by atoms with van der Waals surface area (Å²) in [5, 5.41) is 13.1. The van der Waals surface area contributed by atoms with Crippen molar-refractivity contribution in [3.05, 3.63) is 41.3 Å². The van der Waals surface area contributed by atoms with Crippen LogP contribution in [0.5, 0.6) is 0 Å². The molecule has 1 aromatic heterocycles. The number of fused-ring (bicyclic) bond motifs is 3. The highest BCUT2D eigenvalue weighted by Crippen LogP contribution is 2.42. The molecule has 2 unspecified atom stereocenters. The van der Waals surface area contributed by atoms with Crippen LogP contribution in [-0.2, 0) is 9.59 Å². The molecule has 2 aliphatic heterocycles. The number of benzene rings is 1. The number of furan rings is 1. The molecule has 1 aromatic carbocycles. The van der Waals surface area contributed by atoms with E-state index in [4.69, 9.17) is 9.52 Å². The van der Waals surface area contributed by atoms with Crippen LogP contribution >= 0.6 is 0 Å². The Kier molecular flexibility index (Phi) is 4.28. The Hall–Kier alpha value is -2.64. The van der Waals surface area contributed by atoms with Crippen LogP contribution < -0.4 is 5.32 Å². The molecule has 27 heavy (non-hydrogen) atoms. The summed E-state index contributed by atoms with van der Waals surface area (Å²) < 4.78 is 6.11. The van der Waals surface area contributed by atoms with Crippen LogP contribution in [-0.4, -0.2) is 53.5 Å². The topological polar surface area (TPSA) is 86.0 Å². The van der Waals surface area contributed by atoms with E-state index < -0.39 is 11.8 Å². The third kappa shape index (κ3) is 2.83. The highest BCUT2D eigenvalue weighted by molar-refractivity contribution is 6.17. The lowest BCUT2D eigenvalue weighted by Gasteiger charge is -2.33. The van der Waals surface area contributed by atoms with Crippen molar-refractivity contribution in [1.82, 2.24) is 9.80 Å². The number of aliphatic hydroxyl groups is 1. The number of β-amino-alcohol motifs (C(OH)–C–C–N with tert-alkyl or cyclic N) is 1. The van der Waals surface area contributed by atoms with Crippen molar-refractivity contribution in [2.24, 2.45) is 0 Å². The van der Waals surface area contributed by atoms with Crippen molar-refractivity contribution in [3.63, 3.8) is 0 Å². The summed E-state index contributed by atoms with van der Waals surface area (Å²) >= 11 is 0. The molecule has 0 fully saturated rings. The number of likely N-dealkylation sites (N-methyl/N-ethyl adjacent to an activating group) is 1. The summed E-state index contributed by atoms with van der Waals surface area (Å²) in [5.41, 5.74) is 2.94. The quantitative estimate of drug-likeness (QED) is 0.804. The van der Waals surface area contributed by atoms with Crippen molar-refractivity contribution in [2.75, 3.05) is 32.1 Å². The molecule has 7 nitrogen and oxygen atoms in total. The minimum absolute atomic E-state index is 0.00460. The van der Waals surface area contributed by atoms with Crippen LogP contribution in [0.1, 0.15) is 37.1 Å². The monoisotopic (exact) mass is 369 g/mol. The minimum Gasteiger partial charge on any atom is -0.460 e. The maximum Gasteiger partial charge on any atom is 0.277 e. The normalized spacial score (nSPS) is 23.1. The fraction of sp³-hybridized carbons (Fsp3) is 0.400. The molecule has 2 aromatic rings. The number of rotatable bonds is 4. The number of carbonyl (C=O) groups is 2. The van der Waals surface area contributed by atoms with Gasteiger partial charge in [-0.15, -0.1) is 0 Å². The number of nitrogens with one attached hydrogen (secondary N) is 1. The van der Waals surface area contributed by atoms with E-state index in [1.165, 1.54) is 11.6 Å². The van der Waals surface area contributed by atoms with Gasteiger partial charge in [0.05, 0.1) is 13.2 Å². The van der Waals surface area contributed by atoms with Gasteiger partial charge in [-0.2, -0.15) is 0 Å². The van der Waals surface area contributed by atoms with Gasteiger partial charge >= 0.3 is 0 Å². The van der Waals surface area contributed by atoms with E-state index in [-0.39, 0.29) is 24.9 Å². The van der Waals surface area contributed by atoms with Crippen LogP contribution in [0.3, 0.4) is 0 Å². The van der Waals surface area contributed by atoms with Gasteiger partial charge in [0.1, 0.15) is 17.0 Å². The number of carbonyl (C=O) groups excluding carboxylic acids is 2. The Bertz CT molecular complexity index is 962. The Morgan fingerprint density at radius 3 is 2.81 bits per heavy atom. The second kappa shape index (κ2) is 6.51. The Morgan fingerprint density at radius 2 is 2.07 bits per heavy atom. The van der Waals surface area contributed by atoms with Crippen LogP contribution in [0.15, 0.2) is 34.4 Å². The van der Waals surface area contributed by atoms with Crippen molar-refractivity contribution in [2.45, 2.75) is 25.8 Å². The summed E-state index contributed by atoms with van der Waals surface area (Å²) in [6.07, 6.45) is 1.27. The predicted molar refractivity (Wildman–Crippen MR) is 101 cm³/mol. The number of anilines is 1. The molecule has 2 aliphatic rings. The zero-order chi connectivity index (χ0) is 19.3. The van der Waals surface area contributed by atoms with Crippen molar-refractivity contribution < 1.29 is 19.1 Å². The molecule has 0 aliphatic carbocycles. The summed E-state index contributed by atoms with van der Waals surface area (Å²) in [7, 11) is 2.11. The van der Waals surface area contributed by atoms with E-state index in [1.54, 1.807) is 0 Å². The van der Waals surface area contributed by atoms with E-state index in [9.17, 15) is 9.59 Å². The lowest BCUT2D eigenvalue weighted by molar-refractivity contribution is -0.137. The number of aliphatic hydroxyl groups excluding tert-OH is 1. The minimum atomic E-state index is -0.426. The van der Waals surface area contributed by atoms with Crippen molar-refractivity contribution in [1.29, 1.82) is 0 Å². The fourth-order valence-corrected chi connectivity index (χ4v) is 3.97. The Morgan fingerprint density at radius 1 is 1.30 bits per heavy atom. The third-order valence-corrected chi connectivity index (χ3v) is 5.46. The lowest BCUT2D eigenvalue weighted by Crippen LogP contribution is -2.34. The van der Waals surface area contributed by atoms with Gasteiger partial charge < -0.3 is 14.8 Å². The number of imide groups is 1. The van der Waals surface area contributed by atoms with Crippen molar-refractivity contribution >= 4 is 28.5 Å². The first kappa shape index (κ1) is 17.8. The molecular weight excluding hydrogens is 346 g/mol. The lowest BCUT2D eigenvalue weighted by atomic mass is 9.92. The summed E-state index contributed by atoms with van der Waals surface area (Å²) in [6.45, 7) is 5.01. The number of hydrogen-bond acceptors (Lipinski definition) is 6. The zero-order valence-electron chi connectivity index (χ0n) is 15.7. The molecule has 0 spiro atoms. The predicted octanol–water partition coefficient (Wildman–Crippen LogP) is 2.20. The van der Waals surface area contributed by atoms with Crippen LogP contribution in [0.25, 0.3) is 11.0 Å². The summed E-state index contributed by atoms with van der Waals surface area (Å²) in [4.78, 5) is 27.6. The van der Waals surface area contributed by atoms with E-state index in [0.717, 1.165) is 33.9 Å². The van der Waals surface area contributed by atoms with E-state index in [0.29, 0.717) is 5.92 Å². The molecule has 2 N–H and O–H groups in total. The molecule has 142 valence electrons. The van der Waals surface area contributed by atoms with E-state index >= 15 is 0 Å². The smallest absolute Gasteiger partial charge is 0.277 e. The number of nitrogens with zero attached hydrogens (tertiary/aromatic N) is 2. The summed E-state index contributed by atoms with van der Waals surface area (Å²) in [6, 6.07) is 5.93. The third-order valence-electron chi connectivity index (χ3n) is 5.46. The van der Waals surface area contributed by atoms with Gasteiger partial charge in [0.25, 0.3) is 11.8 Å². The second-order valence-corrected chi connectivity index (χ2v) is 7.31. The highest BCUT2D eigenvalue weighted by atomic mass is 16.3.